The summed E-state index contributed by atoms with van der Waals surface area (Å²) in [7, 11) is 0. The average molecular weight is 409 g/mol. The molecule has 0 saturated carbocycles. The number of ether oxygens (including phenoxy) is 1. The SMILES string of the molecule is CCCCOC(=O)c1ccc(NC(=O)C2CCN(Cc3ccccc3C)CC2)cc1. The number of carbonyl (C=O) groups excluding carboxylic acids is 2. The molecule has 1 saturated heterocycles. The van der Waals surface area contributed by atoms with Crippen LogP contribution in [-0.4, -0.2) is 36.5 Å². The monoisotopic (exact) mass is 408 g/mol. The number of esters is 1. The van der Waals surface area contributed by atoms with Crippen molar-refractivity contribution in [2.45, 2.75) is 46.1 Å². The summed E-state index contributed by atoms with van der Waals surface area (Å²) in [5.41, 5.74) is 3.89. The maximum Gasteiger partial charge on any atom is 0.338 e. The zero-order chi connectivity index (χ0) is 21.3. The van der Waals surface area contributed by atoms with Crippen LogP contribution in [0.5, 0.6) is 0 Å². The van der Waals surface area contributed by atoms with Gasteiger partial charge in [0.25, 0.3) is 0 Å². The van der Waals surface area contributed by atoms with Gasteiger partial charge in [-0.15, -0.1) is 0 Å². The number of unbranched alkanes of at least 4 members (excludes halogenated alkanes) is 1. The fraction of sp³-hybridized carbons (Fsp3) is 0.440. The lowest BCUT2D eigenvalue weighted by Gasteiger charge is -2.31. The number of nitrogens with zero attached hydrogens (tertiary/aromatic N) is 1. The summed E-state index contributed by atoms with van der Waals surface area (Å²) >= 11 is 0. The number of likely N-dealkylation sites (tertiary alicyclic amines) is 1. The fourth-order valence-corrected chi connectivity index (χ4v) is 3.71. The molecule has 1 amide bonds. The van der Waals surface area contributed by atoms with Gasteiger partial charge in [-0.1, -0.05) is 37.6 Å². The summed E-state index contributed by atoms with van der Waals surface area (Å²) in [5.74, 6) is -0.233. The number of aryl methyl sites for hydroxylation is 1. The minimum atomic E-state index is -0.317. The third kappa shape index (κ3) is 6.17. The van der Waals surface area contributed by atoms with E-state index in [0.29, 0.717) is 17.9 Å². The molecule has 2 aromatic rings. The van der Waals surface area contributed by atoms with E-state index in [1.165, 1.54) is 11.1 Å². The molecular weight excluding hydrogens is 376 g/mol. The second kappa shape index (κ2) is 10.9. The van der Waals surface area contributed by atoms with Crippen molar-refractivity contribution in [1.82, 2.24) is 4.90 Å². The quantitative estimate of drug-likeness (QED) is 0.503. The zero-order valence-corrected chi connectivity index (χ0v) is 18.0. The molecule has 0 radical (unpaired) electrons. The molecule has 1 fully saturated rings. The van der Waals surface area contributed by atoms with Crippen LogP contribution in [0, 0.1) is 12.8 Å². The molecule has 0 bridgehead atoms. The van der Waals surface area contributed by atoms with Crippen molar-refractivity contribution in [1.29, 1.82) is 0 Å². The number of anilines is 1. The predicted molar refractivity (Wildman–Crippen MR) is 119 cm³/mol. The third-order valence-corrected chi connectivity index (χ3v) is 5.73. The van der Waals surface area contributed by atoms with Crippen molar-refractivity contribution in [2.24, 2.45) is 5.92 Å². The minimum absolute atomic E-state index is 0.0248. The molecule has 0 unspecified atom stereocenters. The maximum absolute atomic E-state index is 12.7. The van der Waals surface area contributed by atoms with Crippen LogP contribution < -0.4 is 5.32 Å². The Hall–Kier alpha value is -2.66. The van der Waals surface area contributed by atoms with Crippen LogP contribution in [0.4, 0.5) is 5.69 Å². The number of piperidine rings is 1. The standard InChI is InChI=1S/C25H32N2O3/c1-3-4-17-30-25(29)21-9-11-23(12-10-21)26-24(28)20-13-15-27(16-14-20)18-22-8-6-5-7-19(22)2/h5-12,20H,3-4,13-18H2,1-2H3,(H,26,28). The van der Waals surface area contributed by atoms with Gasteiger partial charge in [-0.3, -0.25) is 9.69 Å². The summed E-state index contributed by atoms with van der Waals surface area (Å²) in [6.07, 6.45) is 3.58. The van der Waals surface area contributed by atoms with Gasteiger partial charge in [0.2, 0.25) is 5.91 Å². The van der Waals surface area contributed by atoms with Crippen LogP contribution in [0.1, 0.15) is 54.1 Å². The lowest BCUT2D eigenvalue weighted by atomic mass is 9.95. The summed E-state index contributed by atoms with van der Waals surface area (Å²) in [6, 6.07) is 15.4. The molecule has 30 heavy (non-hydrogen) atoms. The molecule has 1 aliphatic rings. The van der Waals surface area contributed by atoms with Gasteiger partial charge < -0.3 is 10.1 Å². The van der Waals surface area contributed by atoms with Crippen LogP contribution >= 0.6 is 0 Å². The lowest BCUT2D eigenvalue weighted by Crippen LogP contribution is -2.37. The summed E-state index contributed by atoms with van der Waals surface area (Å²) in [5, 5.41) is 2.99. The summed E-state index contributed by atoms with van der Waals surface area (Å²) < 4.78 is 5.21. The van der Waals surface area contributed by atoms with E-state index in [1.807, 2.05) is 0 Å². The van der Waals surface area contributed by atoms with E-state index in [1.54, 1.807) is 24.3 Å². The molecule has 0 spiro atoms. The highest BCUT2D eigenvalue weighted by molar-refractivity contribution is 5.94. The highest BCUT2D eigenvalue weighted by Crippen LogP contribution is 2.22. The van der Waals surface area contributed by atoms with Gasteiger partial charge in [-0.05, 0) is 74.7 Å². The van der Waals surface area contributed by atoms with Crippen LogP contribution in [0.25, 0.3) is 0 Å². The van der Waals surface area contributed by atoms with Gasteiger partial charge in [0.05, 0.1) is 12.2 Å². The van der Waals surface area contributed by atoms with E-state index in [4.69, 9.17) is 4.74 Å². The van der Waals surface area contributed by atoms with Crippen molar-refractivity contribution < 1.29 is 14.3 Å². The average Bonchev–Trinajstić information content (AvgIpc) is 2.76. The highest BCUT2D eigenvalue weighted by Gasteiger charge is 2.25. The Morgan fingerprint density at radius 2 is 1.77 bits per heavy atom. The first-order valence-corrected chi connectivity index (χ1v) is 10.9. The Labute approximate surface area is 179 Å². The number of benzene rings is 2. The van der Waals surface area contributed by atoms with Gasteiger partial charge in [0, 0.05) is 18.2 Å². The highest BCUT2D eigenvalue weighted by atomic mass is 16.5. The number of hydrogen-bond donors (Lipinski definition) is 1. The van der Waals surface area contributed by atoms with E-state index in [2.05, 4.69) is 48.3 Å². The summed E-state index contributed by atoms with van der Waals surface area (Å²) in [6.45, 7) is 7.43. The smallest absolute Gasteiger partial charge is 0.338 e. The van der Waals surface area contributed by atoms with Gasteiger partial charge in [-0.25, -0.2) is 4.79 Å². The molecule has 5 nitrogen and oxygen atoms in total. The maximum atomic E-state index is 12.7. The lowest BCUT2D eigenvalue weighted by molar-refractivity contribution is -0.121. The van der Waals surface area contributed by atoms with E-state index in [-0.39, 0.29) is 17.8 Å². The third-order valence-electron chi connectivity index (χ3n) is 5.73. The van der Waals surface area contributed by atoms with Crippen LogP contribution in [0.3, 0.4) is 0 Å². The molecule has 160 valence electrons. The topological polar surface area (TPSA) is 58.6 Å². The van der Waals surface area contributed by atoms with Crippen molar-refractivity contribution in [3.63, 3.8) is 0 Å². The largest absolute Gasteiger partial charge is 0.462 e. The Bertz CT molecular complexity index is 840. The minimum Gasteiger partial charge on any atom is -0.462 e. The number of nitrogens with one attached hydrogen (secondary N) is 1. The molecule has 1 aliphatic heterocycles. The van der Waals surface area contributed by atoms with Gasteiger partial charge in [-0.2, -0.15) is 0 Å². The van der Waals surface area contributed by atoms with Gasteiger partial charge in [0.1, 0.15) is 0 Å². The van der Waals surface area contributed by atoms with Crippen molar-refractivity contribution in [3.8, 4) is 0 Å². The fourth-order valence-electron chi connectivity index (χ4n) is 3.71. The van der Waals surface area contributed by atoms with Crippen LogP contribution in [-0.2, 0) is 16.1 Å². The van der Waals surface area contributed by atoms with Crippen molar-refractivity contribution >= 4 is 17.6 Å². The van der Waals surface area contributed by atoms with Crippen LogP contribution in [0.2, 0.25) is 0 Å². The second-order valence-corrected chi connectivity index (χ2v) is 8.03. The van der Waals surface area contributed by atoms with E-state index >= 15 is 0 Å². The molecule has 0 aliphatic carbocycles. The van der Waals surface area contributed by atoms with Crippen LogP contribution in [0.15, 0.2) is 48.5 Å². The number of hydrogen-bond acceptors (Lipinski definition) is 4. The zero-order valence-electron chi connectivity index (χ0n) is 18.0. The first-order chi connectivity index (χ1) is 14.6. The van der Waals surface area contributed by atoms with Crippen molar-refractivity contribution in [2.75, 3.05) is 25.0 Å². The normalized spacial score (nSPS) is 15.0. The molecule has 1 heterocycles. The summed E-state index contributed by atoms with van der Waals surface area (Å²) in [4.78, 5) is 27.0. The van der Waals surface area contributed by atoms with Crippen molar-refractivity contribution in [3.05, 3.63) is 65.2 Å². The molecule has 3 rings (SSSR count). The molecule has 0 aromatic heterocycles. The first-order valence-electron chi connectivity index (χ1n) is 10.9. The Balaban J connectivity index is 1.45. The molecule has 5 heteroatoms. The molecule has 0 atom stereocenters. The Morgan fingerprint density at radius 3 is 2.43 bits per heavy atom. The number of carbonyl (C=O) groups is 2. The number of amides is 1. The Kier molecular flexibility index (Phi) is 8.03. The van der Waals surface area contributed by atoms with E-state index in [0.717, 1.165) is 45.3 Å². The molecule has 1 N–H and O–H groups in total. The van der Waals surface area contributed by atoms with E-state index in [9.17, 15) is 9.59 Å². The van der Waals surface area contributed by atoms with Gasteiger partial charge >= 0.3 is 5.97 Å². The number of rotatable bonds is 8. The van der Waals surface area contributed by atoms with Gasteiger partial charge in [0.15, 0.2) is 0 Å². The second-order valence-electron chi connectivity index (χ2n) is 8.03. The first kappa shape index (κ1) is 22.0. The Morgan fingerprint density at radius 1 is 1.07 bits per heavy atom. The molecule has 2 aromatic carbocycles. The molecular formula is C25H32N2O3. The predicted octanol–water partition coefficient (Wildman–Crippen LogP) is 4.80. The van der Waals surface area contributed by atoms with E-state index < -0.39 is 0 Å².